The van der Waals surface area contributed by atoms with E-state index >= 15 is 0 Å². The predicted octanol–water partition coefficient (Wildman–Crippen LogP) is 14.8. The number of fused-ring (bicyclic) bond motifs is 9. The third kappa shape index (κ3) is 4.26. The van der Waals surface area contributed by atoms with Gasteiger partial charge in [-0.1, -0.05) is 173 Å². The molecular weight excluding hydrogens is 649 g/mol. The van der Waals surface area contributed by atoms with Gasteiger partial charge in [-0.15, -0.1) is 0 Å². The molecule has 256 valence electrons. The van der Waals surface area contributed by atoms with Crippen molar-refractivity contribution in [2.45, 2.75) is 38.5 Å². The Morgan fingerprint density at radius 3 is 1.44 bits per heavy atom. The third-order valence-electron chi connectivity index (χ3n) is 12.9. The van der Waals surface area contributed by atoms with Gasteiger partial charge in [-0.25, -0.2) is 0 Å². The lowest BCUT2D eigenvalue weighted by Gasteiger charge is -2.24. The molecule has 0 aliphatic heterocycles. The van der Waals surface area contributed by atoms with Crippen molar-refractivity contribution in [3.63, 3.8) is 0 Å². The molecular formula is C54H40. The maximum absolute atomic E-state index is 2.51. The van der Waals surface area contributed by atoms with E-state index in [1.807, 2.05) is 0 Å². The number of hydrogen-bond acceptors (Lipinski definition) is 0. The highest BCUT2D eigenvalue weighted by atomic mass is 14.4. The zero-order chi connectivity index (χ0) is 36.3. The largest absolute Gasteiger partial charge is 0.0619 e. The summed E-state index contributed by atoms with van der Waals surface area (Å²) in [7, 11) is 0. The summed E-state index contributed by atoms with van der Waals surface area (Å²) in [6.07, 6.45) is 0. The molecule has 0 saturated carbocycles. The first-order valence-corrected chi connectivity index (χ1v) is 19.3. The van der Waals surface area contributed by atoms with Crippen molar-refractivity contribution in [2.24, 2.45) is 0 Å². The van der Waals surface area contributed by atoms with Crippen molar-refractivity contribution in [3.8, 4) is 55.6 Å². The summed E-state index contributed by atoms with van der Waals surface area (Å²) < 4.78 is 0. The van der Waals surface area contributed by atoms with Crippen molar-refractivity contribution in [2.75, 3.05) is 0 Å². The van der Waals surface area contributed by atoms with Crippen molar-refractivity contribution < 1.29 is 0 Å². The van der Waals surface area contributed by atoms with Crippen molar-refractivity contribution in [1.82, 2.24) is 0 Å². The highest BCUT2D eigenvalue weighted by molar-refractivity contribution is 6.23. The number of rotatable bonds is 3. The molecule has 0 aromatic heterocycles. The predicted molar refractivity (Wildman–Crippen MR) is 230 cm³/mol. The SMILES string of the molecule is CC1(C)c2ccccc2-c2cc3c(cc21)-c1ccc(-c2cccc(-c4c5ccccc5c(-c5cccc6ccccc56)c5ccccc45)c2)cc1C3(C)C. The average molecular weight is 689 g/mol. The Kier molecular flexibility index (Phi) is 6.46. The fraction of sp³-hybridized carbons (Fsp3) is 0.111. The van der Waals surface area contributed by atoms with Gasteiger partial charge in [-0.2, -0.15) is 0 Å². The molecule has 0 N–H and O–H groups in total. The van der Waals surface area contributed by atoms with Crippen LogP contribution in [0.2, 0.25) is 0 Å². The van der Waals surface area contributed by atoms with E-state index in [2.05, 4.69) is 198 Å². The van der Waals surface area contributed by atoms with Crippen LogP contribution in [0.5, 0.6) is 0 Å². The minimum Gasteiger partial charge on any atom is -0.0619 e. The molecule has 0 heteroatoms. The van der Waals surface area contributed by atoms with E-state index in [1.54, 1.807) is 0 Å². The quantitative estimate of drug-likeness (QED) is 0.162. The van der Waals surface area contributed by atoms with E-state index in [0.717, 1.165) is 0 Å². The molecule has 54 heavy (non-hydrogen) atoms. The van der Waals surface area contributed by atoms with E-state index in [4.69, 9.17) is 0 Å². The van der Waals surface area contributed by atoms with Crippen LogP contribution in [0, 0.1) is 0 Å². The molecule has 0 saturated heterocycles. The van der Waals surface area contributed by atoms with E-state index < -0.39 is 0 Å². The Labute approximate surface area is 317 Å². The smallest absolute Gasteiger partial charge is 0.0159 e. The van der Waals surface area contributed by atoms with Crippen molar-refractivity contribution in [3.05, 3.63) is 192 Å². The fourth-order valence-corrected chi connectivity index (χ4v) is 10.1. The van der Waals surface area contributed by atoms with Gasteiger partial charge < -0.3 is 0 Å². The molecule has 2 aliphatic carbocycles. The van der Waals surface area contributed by atoms with E-state index in [-0.39, 0.29) is 10.8 Å². The third-order valence-corrected chi connectivity index (χ3v) is 12.9. The zero-order valence-electron chi connectivity index (χ0n) is 31.2. The van der Waals surface area contributed by atoms with E-state index in [9.17, 15) is 0 Å². The summed E-state index contributed by atoms with van der Waals surface area (Å²) in [6, 6.07) is 63.9. The van der Waals surface area contributed by atoms with Crippen LogP contribution in [0.25, 0.3) is 88.0 Å². The summed E-state index contributed by atoms with van der Waals surface area (Å²) in [4.78, 5) is 0. The Morgan fingerprint density at radius 1 is 0.278 bits per heavy atom. The number of hydrogen-bond donors (Lipinski definition) is 0. The van der Waals surface area contributed by atoms with Crippen LogP contribution in [-0.4, -0.2) is 0 Å². The maximum atomic E-state index is 2.51. The van der Waals surface area contributed by atoms with Crippen LogP contribution in [-0.2, 0) is 10.8 Å². The Bertz CT molecular complexity index is 2980. The van der Waals surface area contributed by atoms with Gasteiger partial charge >= 0.3 is 0 Å². The summed E-state index contributed by atoms with van der Waals surface area (Å²) >= 11 is 0. The first-order chi connectivity index (χ1) is 26.3. The van der Waals surface area contributed by atoms with E-state index in [0.29, 0.717) is 0 Å². The Hall–Kier alpha value is -6.24. The monoisotopic (exact) mass is 688 g/mol. The van der Waals surface area contributed by atoms with Gasteiger partial charge in [0.05, 0.1) is 0 Å². The molecule has 9 aromatic carbocycles. The molecule has 0 unspecified atom stereocenters. The van der Waals surface area contributed by atoms with Gasteiger partial charge in [0.15, 0.2) is 0 Å². The first-order valence-electron chi connectivity index (χ1n) is 19.3. The van der Waals surface area contributed by atoms with Crippen LogP contribution < -0.4 is 0 Å². The zero-order valence-corrected chi connectivity index (χ0v) is 31.2. The molecule has 0 nitrogen and oxygen atoms in total. The molecule has 0 heterocycles. The second-order valence-electron chi connectivity index (χ2n) is 16.4. The molecule has 0 radical (unpaired) electrons. The second-order valence-corrected chi connectivity index (χ2v) is 16.4. The normalized spacial score (nSPS) is 14.6. The van der Waals surface area contributed by atoms with E-state index in [1.165, 1.54) is 110 Å². The molecule has 0 fully saturated rings. The van der Waals surface area contributed by atoms with Crippen molar-refractivity contribution in [1.29, 1.82) is 0 Å². The van der Waals surface area contributed by atoms with Crippen LogP contribution in [0.3, 0.4) is 0 Å². The standard InChI is InChI=1S/C54H40/c1-53(2)47-26-12-11-20-38(47)45-31-50-46(32-49(45)53)39-28-27-35(30-48(39)54(50,3)4)34-17-13-18-36(29-34)51-41-21-7-9-23-43(41)52(44-24-10-8-22-42(44)51)40-25-14-16-33-15-5-6-19-37(33)40/h5-32H,1-4H3. The lowest BCUT2D eigenvalue weighted by molar-refractivity contribution is 0.652. The molecule has 9 aromatic rings. The summed E-state index contributed by atoms with van der Waals surface area (Å²) in [5.41, 5.74) is 18.7. The van der Waals surface area contributed by atoms with Crippen molar-refractivity contribution >= 4 is 32.3 Å². The summed E-state index contributed by atoms with van der Waals surface area (Å²) in [6.45, 7) is 9.58. The second kappa shape index (κ2) is 11.1. The lowest BCUT2D eigenvalue weighted by Crippen LogP contribution is -2.17. The highest BCUT2D eigenvalue weighted by Gasteiger charge is 2.41. The van der Waals surface area contributed by atoms with Gasteiger partial charge in [0.1, 0.15) is 0 Å². The molecule has 11 rings (SSSR count). The van der Waals surface area contributed by atoms with Crippen LogP contribution >= 0.6 is 0 Å². The highest BCUT2D eigenvalue weighted by Crippen LogP contribution is 2.56. The molecule has 2 aliphatic rings. The van der Waals surface area contributed by atoms with Gasteiger partial charge in [0.25, 0.3) is 0 Å². The average Bonchev–Trinajstić information content (AvgIpc) is 3.57. The Morgan fingerprint density at radius 2 is 0.741 bits per heavy atom. The Balaban J connectivity index is 1.07. The summed E-state index contributed by atoms with van der Waals surface area (Å²) in [5.74, 6) is 0. The molecule has 0 atom stereocenters. The van der Waals surface area contributed by atoms with Gasteiger partial charge in [0, 0.05) is 10.8 Å². The first kappa shape index (κ1) is 31.3. The van der Waals surface area contributed by atoms with Crippen LogP contribution in [0.1, 0.15) is 49.9 Å². The summed E-state index contributed by atoms with van der Waals surface area (Å²) in [5, 5.41) is 7.66. The topological polar surface area (TPSA) is 0 Å². The lowest BCUT2D eigenvalue weighted by atomic mass is 9.79. The minimum atomic E-state index is -0.112. The number of benzene rings is 9. The molecule has 0 amide bonds. The molecule has 0 spiro atoms. The van der Waals surface area contributed by atoms with Gasteiger partial charge in [-0.3, -0.25) is 0 Å². The van der Waals surface area contributed by atoms with Gasteiger partial charge in [-0.05, 0) is 134 Å². The van der Waals surface area contributed by atoms with Crippen LogP contribution in [0.15, 0.2) is 170 Å². The molecule has 0 bridgehead atoms. The van der Waals surface area contributed by atoms with Crippen LogP contribution in [0.4, 0.5) is 0 Å². The maximum Gasteiger partial charge on any atom is 0.0159 e. The minimum absolute atomic E-state index is 0.0182. The van der Waals surface area contributed by atoms with Gasteiger partial charge in [0.2, 0.25) is 0 Å². The fourth-order valence-electron chi connectivity index (χ4n) is 10.1.